The maximum Gasteiger partial charge on any atom is 0.118 e. The monoisotopic (exact) mass is 364 g/mol. The molecule has 1 aromatic carbocycles. The molecular weight excluding hydrogens is 328 g/mol. The molecule has 0 aliphatic carbocycles. The number of hydrogen-bond acceptors (Lipinski definition) is 4. The standard InChI is InChI=1S/C15H21NOS.C6H15N/c1-17-13-7-5-12(6-8-13)10-16-9-3-2-4-14(16)15-11-18-15;1-4-7(5-2)6-3/h5-8,14-15H,2-4,9-11H2,1H3;4-6H2,1-3H3. The fourth-order valence-corrected chi connectivity index (χ4v) is 4.41. The van der Waals surface area contributed by atoms with E-state index in [-0.39, 0.29) is 0 Å². The first-order valence-electron chi connectivity index (χ1n) is 9.92. The molecule has 0 radical (unpaired) electrons. The third kappa shape index (κ3) is 6.84. The van der Waals surface area contributed by atoms with Crippen LogP contribution in [0.5, 0.6) is 5.75 Å². The van der Waals surface area contributed by atoms with Crippen LogP contribution in [0.15, 0.2) is 24.3 Å². The number of piperidine rings is 1. The van der Waals surface area contributed by atoms with Gasteiger partial charge < -0.3 is 9.64 Å². The van der Waals surface area contributed by atoms with E-state index in [2.05, 4.69) is 66.6 Å². The highest BCUT2D eigenvalue weighted by atomic mass is 32.2. The first-order valence-corrected chi connectivity index (χ1v) is 11.0. The van der Waals surface area contributed by atoms with Gasteiger partial charge in [0, 0.05) is 23.6 Å². The molecular formula is C21H36N2OS. The Hall–Kier alpha value is -0.710. The highest BCUT2D eigenvalue weighted by Crippen LogP contribution is 2.39. The van der Waals surface area contributed by atoms with Crippen LogP contribution in [0.4, 0.5) is 0 Å². The van der Waals surface area contributed by atoms with E-state index in [1.165, 1.54) is 56.8 Å². The number of likely N-dealkylation sites (tertiary alicyclic amines) is 1. The summed E-state index contributed by atoms with van der Waals surface area (Å²) in [5.41, 5.74) is 1.41. The topological polar surface area (TPSA) is 15.7 Å². The van der Waals surface area contributed by atoms with Crippen LogP contribution < -0.4 is 4.74 Å². The predicted molar refractivity (Wildman–Crippen MR) is 111 cm³/mol. The average Bonchev–Trinajstić information content (AvgIpc) is 3.50. The molecule has 0 aromatic heterocycles. The minimum atomic E-state index is 0.825. The molecule has 0 spiro atoms. The second-order valence-electron chi connectivity index (χ2n) is 6.87. The molecule has 2 unspecified atom stereocenters. The Morgan fingerprint density at radius 2 is 1.72 bits per heavy atom. The van der Waals surface area contributed by atoms with E-state index in [0.29, 0.717) is 0 Å². The van der Waals surface area contributed by atoms with Crippen molar-refractivity contribution in [3.8, 4) is 5.75 Å². The smallest absolute Gasteiger partial charge is 0.118 e. The van der Waals surface area contributed by atoms with Crippen LogP contribution in [0, 0.1) is 0 Å². The minimum Gasteiger partial charge on any atom is -0.497 e. The van der Waals surface area contributed by atoms with Gasteiger partial charge in [-0.05, 0) is 56.7 Å². The summed E-state index contributed by atoms with van der Waals surface area (Å²) in [6.45, 7) is 12.5. The van der Waals surface area contributed by atoms with E-state index in [4.69, 9.17) is 4.74 Å². The summed E-state index contributed by atoms with van der Waals surface area (Å²) < 4.78 is 5.21. The third-order valence-corrected chi connectivity index (χ3v) is 6.37. The number of hydrogen-bond donors (Lipinski definition) is 0. The van der Waals surface area contributed by atoms with Crippen molar-refractivity contribution in [3.05, 3.63) is 29.8 Å². The molecule has 2 fully saturated rings. The molecule has 0 saturated carbocycles. The molecule has 142 valence electrons. The minimum absolute atomic E-state index is 0.825. The van der Waals surface area contributed by atoms with Gasteiger partial charge in [0.15, 0.2) is 0 Å². The largest absolute Gasteiger partial charge is 0.497 e. The van der Waals surface area contributed by atoms with E-state index < -0.39 is 0 Å². The summed E-state index contributed by atoms with van der Waals surface area (Å²) in [6.07, 6.45) is 4.18. The van der Waals surface area contributed by atoms with Crippen LogP contribution in [-0.2, 0) is 6.54 Å². The molecule has 2 heterocycles. The molecule has 0 bridgehead atoms. The molecule has 3 rings (SSSR count). The molecule has 0 N–H and O–H groups in total. The van der Waals surface area contributed by atoms with Gasteiger partial charge in [-0.3, -0.25) is 4.90 Å². The third-order valence-electron chi connectivity index (χ3n) is 5.34. The summed E-state index contributed by atoms with van der Waals surface area (Å²) in [5, 5.41) is 0.920. The van der Waals surface area contributed by atoms with Crippen LogP contribution in [0.3, 0.4) is 0 Å². The maximum atomic E-state index is 5.21. The lowest BCUT2D eigenvalue weighted by Gasteiger charge is -2.35. The van der Waals surface area contributed by atoms with Gasteiger partial charge in [0.2, 0.25) is 0 Å². The zero-order valence-corrected chi connectivity index (χ0v) is 17.4. The first kappa shape index (κ1) is 20.6. The van der Waals surface area contributed by atoms with Crippen molar-refractivity contribution in [1.29, 1.82) is 0 Å². The quantitative estimate of drug-likeness (QED) is 0.661. The van der Waals surface area contributed by atoms with Crippen molar-refractivity contribution in [2.45, 2.75) is 57.9 Å². The lowest BCUT2D eigenvalue weighted by atomic mass is 9.99. The number of benzene rings is 1. The van der Waals surface area contributed by atoms with Crippen molar-refractivity contribution in [2.24, 2.45) is 0 Å². The molecule has 3 nitrogen and oxygen atoms in total. The number of nitrogens with zero attached hydrogens (tertiary/aromatic N) is 2. The molecule has 0 amide bonds. The van der Waals surface area contributed by atoms with E-state index in [1.807, 2.05) is 0 Å². The van der Waals surface area contributed by atoms with Crippen LogP contribution in [0.1, 0.15) is 45.6 Å². The molecule has 1 aromatic rings. The Bertz CT molecular complexity index is 466. The van der Waals surface area contributed by atoms with Gasteiger partial charge in [0.25, 0.3) is 0 Å². The lowest BCUT2D eigenvalue weighted by molar-refractivity contribution is 0.145. The van der Waals surface area contributed by atoms with Crippen LogP contribution >= 0.6 is 11.8 Å². The van der Waals surface area contributed by atoms with Crippen LogP contribution in [0.2, 0.25) is 0 Å². The molecule has 4 heteroatoms. The average molecular weight is 365 g/mol. The van der Waals surface area contributed by atoms with Crippen molar-refractivity contribution in [1.82, 2.24) is 9.80 Å². The fraction of sp³-hybridized carbons (Fsp3) is 0.714. The zero-order valence-electron chi connectivity index (χ0n) is 16.5. The van der Waals surface area contributed by atoms with E-state index in [9.17, 15) is 0 Å². The Morgan fingerprint density at radius 3 is 2.20 bits per heavy atom. The Labute approximate surface area is 159 Å². The van der Waals surface area contributed by atoms with Gasteiger partial charge in [-0.2, -0.15) is 11.8 Å². The van der Waals surface area contributed by atoms with Crippen molar-refractivity contribution in [3.63, 3.8) is 0 Å². The number of ether oxygens (including phenoxy) is 1. The summed E-state index contributed by atoms with van der Waals surface area (Å²) in [7, 11) is 1.72. The van der Waals surface area contributed by atoms with Crippen LogP contribution in [0.25, 0.3) is 0 Å². The van der Waals surface area contributed by atoms with Gasteiger partial charge in [-0.1, -0.05) is 39.3 Å². The predicted octanol–water partition coefficient (Wildman–Crippen LogP) is 4.51. The first-order chi connectivity index (χ1) is 12.2. The van der Waals surface area contributed by atoms with E-state index in [0.717, 1.165) is 23.6 Å². The lowest BCUT2D eigenvalue weighted by Crippen LogP contribution is -2.41. The van der Waals surface area contributed by atoms with Crippen LogP contribution in [-0.4, -0.2) is 60.1 Å². The Morgan fingerprint density at radius 1 is 1.08 bits per heavy atom. The Balaban J connectivity index is 0.000000277. The van der Waals surface area contributed by atoms with E-state index in [1.54, 1.807) is 7.11 Å². The molecule has 25 heavy (non-hydrogen) atoms. The summed E-state index contributed by atoms with van der Waals surface area (Å²) >= 11 is 2.13. The van der Waals surface area contributed by atoms with Gasteiger partial charge in [0.1, 0.15) is 5.75 Å². The van der Waals surface area contributed by atoms with Gasteiger partial charge in [-0.25, -0.2) is 0 Å². The fourth-order valence-electron chi connectivity index (χ4n) is 3.55. The SMILES string of the molecule is CCN(CC)CC.COc1ccc(CN2CCCCC2C2CS2)cc1. The second kappa shape index (κ2) is 11.1. The molecule has 2 saturated heterocycles. The highest BCUT2D eigenvalue weighted by Gasteiger charge is 2.37. The molecule has 2 atom stereocenters. The normalized spacial score (nSPS) is 23.1. The van der Waals surface area contributed by atoms with Crippen molar-refractivity contribution < 1.29 is 4.74 Å². The van der Waals surface area contributed by atoms with Gasteiger partial charge in [-0.15, -0.1) is 0 Å². The van der Waals surface area contributed by atoms with E-state index >= 15 is 0 Å². The molecule has 2 aliphatic heterocycles. The number of rotatable bonds is 7. The maximum absolute atomic E-state index is 5.21. The Kier molecular flexibility index (Phi) is 9.14. The highest BCUT2D eigenvalue weighted by molar-refractivity contribution is 8.06. The van der Waals surface area contributed by atoms with Crippen molar-refractivity contribution >= 4 is 11.8 Å². The summed E-state index contributed by atoms with van der Waals surface area (Å²) in [4.78, 5) is 5.07. The van der Waals surface area contributed by atoms with Gasteiger partial charge >= 0.3 is 0 Å². The molecule has 2 aliphatic rings. The zero-order chi connectivity index (χ0) is 18.1. The van der Waals surface area contributed by atoms with Gasteiger partial charge in [0.05, 0.1) is 7.11 Å². The summed E-state index contributed by atoms with van der Waals surface area (Å²) in [6, 6.07) is 9.36. The summed E-state index contributed by atoms with van der Waals surface area (Å²) in [5.74, 6) is 2.33. The number of thioether (sulfide) groups is 1. The number of methoxy groups -OCH3 is 1. The van der Waals surface area contributed by atoms with Crippen molar-refractivity contribution in [2.75, 3.05) is 39.0 Å². The second-order valence-corrected chi connectivity index (χ2v) is 8.15.